The summed E-state index contributed by atoms with van der Waals surface area (Å²) in [5, 5.41) is 3.35. The molecule has 0 saturated heterocycles. The minimum absolute atomic E-state index is 0.188. The van der Waals surface area contributed by atoms with Crippen molar-refractivity contribution in [2.75, 3.05) is 20.6 Å². The minimum atomic E-state index is -0.188. The predicted octanol–water partition coefficient (Wildman–Crippen LogP) is 3.09. The Hall–Kier alpha value is -0.840. The largest absolute Gasteiger partial charge is 0.350 e. The van der Waals surface area contributed by atoms with Crippen LogP contribution >= 0.6 is 23.2 Å². The van der Waals surface area contributed by atoms with E-state index in [0.29, 0.717) is 24.1 Å². The van der Waals surface area contributed by atoms with Gasteiger partial charge >= 0.3 is 0 Å². The molecule has 1 aromatic heterocycles. The highest BCUT2D eigenvalue weighted by Crippen LogP contribution is 2.15. The Labute approximate surface area is 130 Å². The van der Waals surface area contributed by atoms with Gasteiger partial charge in [0.2, 0.25) is 0 Å². The molecule has 112 valence electrons. The van der Waals surface area contributed by atoms with Gasteiger partial charge in [-0.3, -0.25) is 4.79 Å². The lowest BCUT2D eigenvalue weighted by Gasteiger charge is -2.26. The molecule has 0 radical (unpaired) electrons. The number of rotatable bonds is 6. The van der Waals surface area contributed by atoms with E-state index >= 15 is 0 Å². The average Bonchev–Trinajstić information content (AvgIpc) is 2.32. The van der Waals surface area contributed by atoms with Crippen molar-refractivity contribution in [2.24, 2.45) is 5.92 Å². The number of nitrogens with zero attached hydrogens (tertiary/aromatic N) is 2. The summed E-state index contributed by atoms with van der Waals surface area (Å²) in [4.78, 5) is 18.0. The van der Waals surface area contributed by atoms with E-state index < -0.39 is 0 Å². The van der Waals surface area contributed by atoms with Crippen LogP contribution in [-0.2, 0) is 0 Å². The Morgan fingerprint density at radius 1 is 1.30 bits per heavy atom. The first-order valence-corrected chi connectivity index (χ1v) is 7.33. The summed E-state index contributed by atoms with van der Waals surface area (Å²) in [6.45, 7) is 4.92. The fourth-order valence-electron chi connectivity index (χ4n) is 1.93. The maximum absolute atomic E-state index is 12.1. The molecule has 0 aliphatic heterocycles. The normalized spacial score (nSPS) is 12.8. The molecular weight excluding hydrogens is 297 g/mol. The quantitative estimate of drug-likeness (QED) is 0.820. The van der Waals surface area contributed by atoms with E-state index in [2.05, 4.69) is 29.0 Å². The highest BCUT2D eigenvalue weighted by molar-refractivity contribution is 6.33. The van der Waals surface area contributed by atoms with Gasteiger partial charge in [-0.1, -0.05) is 37.0 Å². The summed E-state index contributed by atoms with van der Waals surface area (Å²) >= 11 is 11.6. The lowest BCUT2D eigenvalue weighted by Crippen LogP contribution is -2.41. The number of hydrogen-bond acceptors (Lipinski definition) is 3. The monoisotopic (exact) mass is 317 g/mol. The van der Waals surface area contributed by atoms with E-state index in [0.717, 1.165) is 6.42 Å². The zero-order valence-corrected chi connectivity index (χ0v) is 13.8. The summed E-state index contributed by atoms with van der Waals surface area (Å²) < 4.78 is 0. The second-order valence-corrected chi connectivity index (χ2v) is 6.23. The number of hydrogen-bond donors (Lipinski definition) is 1. The number of pyridine rings is 1. The van der Waals surface area contributed by atoms with E-state index in [9.17, 15) is 4.79 Å². The lowest BCUT2D eigenvalue weighted by molar-refractivity contribution is 0.0938. The zero-order chi connectivity index (χ0) is 15.3. The summed E-state index contributed by atoms with van der Waals surface area (Å²) in [5.74, 6) is 0.385. The van der Waals surface area contributed by atoms with Crippen LogP contribution in [0.4, 0.5) is 0 Å². The van der Waals surface area contributed by atoms with Gasteiger partial charge in [-0.15, -0.1) is 0 Å². The maximum Gasteiger partial charge on any atom is 0.251 e. The van der Waals surface area contributed by atoms with Gasteiger partial charge in [0.05, 0.1) is 0 Å². The zero-order valence-electron chi connectivity index (χ0n) is 12.3. The molecule has 0 fully saturated rings. The van der Waals surface area contributed by atoms with E-state index in [1.807, 2.05) is 14.1 Å². The first kappa shape index (κ1) is 17.2. The molecule has 1 rings (SSSR count). The highest BCUT2D eigenvalue weighted by Gasteiger charge is 2.15. The van der Waals surface area contributed by atoms with Gasteiger partial charge in [0.15, 0.2) is 0 Å². The van der Waals surface area contributed by atoms with Crippen molar-refractivity contribution in [1.29, 1.82) is 0 Å². The fourth-order valence-corrected chi connectivity index (χ4v) is 2.39. The van der Waals surface area contributed by atoms with Gasteiger partial charge in [0.25, 0.3) is 5.91 Å². The van der Waals surface area contributed by atoms with Gasteiger partial charge in [-0.05, 0) is 38.6 Å². The van der Waals surface area contributed by atoms with Gasteiger partial charge in [-0.2, -0.15) is 0 Å². The predicted molar refractivity (Wildman–Crippen MR) is 83.5 cm³/mol. The second-order valence-electron chi connectivity index (χ2n) is 5.46. The van der Waals surface area contributed by atoms with Crippen LogP contribution in [0.15, 0.2) is 12.1 Å². The number of halogens is 2. The first-order chi connectivity index (χ1) is 9.29. The maximum atomic E-state index is 12.1. The summed E-state index contributed by atoms with van der Waals surface area (Å²) in [6, 6.07) is 3.32. The Morgan fingerprint density at radius 2 is 1.85 bits per heavy atom. The van der Waals surface area contributed by atoms with Crippen LogP contribution in [0.25, 0.3) is 0 Å². The Bertz CT molecular complexity index is 443. The summed E-state index contributed by atoms with van der Waals surface area (Å²) in [7, 11) is 4.03. The summed E-state index contributed by atoms with van der Waals surface area (Å²) in [5.41, 5.74) is 0.428. The molecule has 1 heterocycles. The van der Waals surface area contributed by atoms with Crippen LogP contribution < -0.4 is 5.32 Å². The molecule has 0 bridgehead atoms. The molecule has 1 amide bonds. The number of likely N-dealkylation sites (N-methyl/N-ethyl adjacent to an activating group) is 1. The Balaban J connectivity index is 2.65. The molecule has 4 nitrogen and oxygen atoms in total. The smallest absolute Gasteiger partial charge is 0.251 e. The molecule has 1 N–H and O–H groups in total. The molecule has 0 aliphatic rings. The third-order valence-corrected chi connectivity index (χ3v) is 3.38. The van der Waals surface area contributed by atoms with Crippen LogP contribution in [0, 0.1) is 5.92 Å². The van der Waals surface area contributed by atoms with Gasteiger partial charge in [0, 0.05) is 18.2 Å². The third kappa shape index (κ3) is 5.65. The van der Waals surface area contributed by atoms with Crippen LogP contribution in [0.1, 0.15) is 30.6 Å². The molecule has 0 aliphatic carbocycles. The first-order valence-electron chi connectivity index (χ1n) is 6.57. The Morgan fingerprint density at radius 3 is 2.30 bits per heavy atom. The number of aromatic nitrogens is 1. The fraction of sp³-hybridized carbons (Fsp3) is 0.571. The van der Waals surface area contributed by atoms with Crippen LogP contribution in [0.3, 0.4) is 0 Å². The molecular formula is C14H21Cl2N3O. The molecule has 0 aromatic carbocycles. The van der Waals surface area contributed by atoms with Crippen molar-refractivity contribution in [1.82, 2.24) is 15.2 Å². The van der Waals surface area contributed by atoms with E-state index in [-0.39, 0.29) is 16.2 Å². The van der Waals surface area contributed by atoms with Crippen molar-refractivity contribution in [2.45, 2.75) is 26.3 Å². The Kier molecular flexibility index (Phi) is 6.72. The van der Waals surface area contributed by atoms with E-state index in [1.54, 1.807) is 0 Å². The molecule has 1 unspecified atom stereocenters. The molecule has 0 saturated carbocycles. The van der Waals surface area contributed by atoms with Crippen molar-refractivity contribution in [3.8, 4) is 0 Å². The van der Waals surface area contributed by atoms with Crippen molar-refractivity contribution >= 4 is 29.1 Å². The number of nitrogens with one attached hydrogen (secondary N) is 1. The van der Waals surface area contributed by atoms with Crippen molar-refractivity contribution in [3.63, 3.8) is 0 Å². The molecule has 1 atom stereocenters. The van der Waals surface area contributed by atoms with E-state index in [4.69, 9.17) is 23.2 Å². The van der Waals surface area contributed by atoms with E-state index in [1.165, 1.54) is 12.1 Å². The molecule has 6 heteroatoms. The summed E-state index contributed by atoms with van der Waals surface area (Å²) in [6.07, 6.45) is 1.02. The molecule has 1 aromatic rings. The SMILES string of the molecule is CC(C)CC(CNC(=O)c1cc(Cl)nc(Cl)c1)N(C)C. The van der Waals surface area contributed by atoms with Crippen molar-refractivity contribution < 1.29 is 4.79 Å². The molecule has 0 spiro atoms. The minimum Gasteiger partial charge on any atom is -0.350 e. The lowest BCUT2D eigenvalue weighted by atomic mass is 10.0. The van der Waals surface area contributed by atoms with Crippen LogP contribution in [0.2, 0.25) is 10.3 Å². The van der Waals surface area contributed by atoms with Gasteiger partial charge in [-0.25, -0.2) is 4.98 Å². The van der Waals surface area contributed by atoms with Gasteiger partial charge in [0.1, 0.15) is 10.3 Å². The topological polar surface area (TPSA) is 45.2 Å². The number of carbonyl (C=O) groups excluding carboxylic acids is 1. The van der Waals surface area contributed by atoms with Gasteiger partial charge < -0.3 is 10.2 Å². The number of amides is 1. The highest BCUT2D eigenvalue weighted by atomic mass is 35.5. The third-order valence-electron chi connectivity index (χ3n) is 3.00. The average molecular weight is 318 g/mol. The standard InChI is InChI=1S/C14H21Cl2N3O/c1-9(2)5-11(19(3)4)8-17-14(20)10-6-12(15)18-13(16)7-10/h6-7,9,11H,5,8H2,1-4H3,(H,17,20). The van der Waals surface area contributed by atoms with Crippen molar-refractivity contribution in [3.05, 3.63) is 28.0 Å². The van der Waals surface area contributed by atoms with Crippen LogP contribution in [-0.4, -0.2) is 42.5 Å². The van der Waals surface area contributed by atoms with Crippen LogP contribution in [0.5, 0.6) is 0 Å². The second kappa shape index (κ2) is 7.81. The number of carbonyl (C=O) groups is 1. The molecule has 20 heavy (non-hydrogen) atoms.